The Balaban J connectivity index is 2.28. The van der Waals surface area contributed by atoms with Gasteiger partial charge in [0.15, 0.2) is 0 Å². The number of benzene rings is 2. The molecule has 0 amide bonds. The minimum atomic E-state index is -3.61. The van der Waals surface area contributed by atoms with E-state index in [2.05, 4.69) is 10.0 Å². The molecule has 112 valence electrons. The van der Waals surface area contributed by atoms with Gasteiger partial charge in [0.2, 0.25) is 0 Å². The van der Waals surface area contributed by atoms with E-state index in [1.54, 1.807) is 24.3 Å². The smallest absolute Gasteiger partial charge is 0.261 e. The van der Waals surface area contributed by atoms with E-state index in [9.17, 15) is 8.42 Å². The molecule has 0 saturated heterocycles. The molecule has 0 radical (unpaired) electrons. The molecule has 2 N–H and O–H groups in total. The predicted molar refractivity (Wildman–Crippen MR) is 83.0 cm³/mol. The number of nitrogens with one attached hydrogen (secondary N) is 2. The van der Waals surface area contributed by atoms with Crippen molar-refractivity contribution in [3.05, 3.63) is 54.1 Å². The van der Waals surface area contributed by atoms with Gasteiger partial charge in [-0.3, -0.25) is 4.72 Å². The third kappa shape index (κ3) is 3.74. The van der Waals surface area contributed by atoms with Gasteiger partial charge in [0, 0.05) is 6.54 Å². The van der Waals surface area contributed by atoms with Crippen LogP contribution in [0.4, 0.5) is 5.69 Å². The van der Waals surface area contributed by atoms with Crippen LogP contribution in [0.2, 0.25) is 0 Å². The summed E-state index contributed by atoms with van der Waals surface area (Å²) in [5.74, 6) is 0.615. The SMILES string of the molecule is CNCc1ccccc1NS(=O)(=O)c1ccc(OC)cc1. The monoisotopic (exact) mass is 306 g/mol. The summed E-state index contributed by atoms with van der Waals surface area (Å²) in [6, 6.07) is 13.6. The van der Waals surface area contributed by atoms with Crippen LogP contribution in [0.3, 0.4) is 0 Å². The summed E-state index contributed by atoms with van der Waals surface area (Å²) in [5.41, 5.74) is 1.46. The molecule has 0 saturated carbocycles. The van der Waals surface area contributed by atoms with E-state index in [1.807, 2.05) is 19.2 Å². The largest absolute Gasteiger partial charge is 0.497 e. The molecule has 0 heterocycles. The number of hydrogen-bond acceptors (Lipinski definition) is 4. The van der Waals surface area contributed by atoms with E-state index in [-0.39, 0.29) is 4.90 Å². The summed E-state index contributed by atoms with van der Waals surface area (Å²) in [5, 5.41) is 3.01. The Labute approximate surface area is 125 Å². The van der Waals surface area contributed by atoms with Gasteiger partial charge in [0.1, 0.15) is 5.75 Å². The van der Waals surface area contributed by atoms with Gasteiger partial charge in [-0.05, 0) is 42.9 Å². The zero-order chi connectivity index (χ0) is 15.3. The molecule has 0 spiro atoms. The highest BCUT2D eigenvalue weighted by Gasteiger charge is 2.15. The fraction of sp³-hybridized carbons (Fsp3) is 0.200. The lowest BCUT2D eigenvalue weighted by atomic mass is 10.2. The second-order valence-corrected chi connectivity index (χ2v) is 6.15. The van der Waals surface area contributed by atoms with Crippen LogP contribution in [0.1, 0.15) is 5.56 Å². The van der Waals surface area contributed by atoms with Crippen LogP contribution < -0.4 is 14.8 Å². The molecule has 0 unspecified atom stereocenters. The van der Waals surface area contributed by atoms with Gasteiger partial charge in [-0.25, -0.2) is 8.42 Å². The highest BCUT2D eigenvalue weighted by Crippen LogP contribution is 2.21. The zero-order valence-electron chi connectivity index (χ0n) is 12.0. The second-order valence-electron chi connectivity index (χ2n) is 4.47. The minimum Gasteiger partial charge on any atom is -0.497 e. The average molecular weight is 306 g/mol. The Morgan fingerprint density at radius 3 is 2.33 bits per heavy atom. The molecule has 0 aliphatic rings. The standard InChI is InChI=1S/C15H18N2O3S/c1-16-11-12-5-3-4-6-15(12)17-21(18,19)14-9-7-13(20-2)8-10-14/h3-10,16-17H,11H2,1-2H3. The van der Waals surface area contributed by atoms with Crippen LogP contribution in [-0.2, 0) is 16.6 Å². The van der Waals surface area contributed by atoms with Crippen LogP contribution in [-0.4, -0.2) is 22.6 Å². The molecule has 0 atom stereocenters. The molecule has 6 heteroatoms. The van der Waals surface area contributed by atoms with E-state index < -0.39 is 10.0 Å². The van der Waals surface area contributed by atoms with Gasteiger partial charge in [0.25, 0.3) is 10.0 Å². The number of hydrogen-bond donors (Lipinski definition) is 2. The van der Waals surface area contributed by atoms with Crippen molar-refractivity contribution in [2.24, 2.45) is 0 Å². The van der Waals surface area contributed by atoms with Crippen LogP contribution >= 0.6 is 0 Å². The summed E-state index contributed by atoms with van der Waals surface area (Å²) in [7, 11) is -0.261. The number of para-hydroxylation sites is 1. The molecule has 0 fully saturated rings. The molecule has 2 aromatic rings. The van der Waals surface area contributed by atoms with Crippen molar-refractivity contribution in [1.82, 2.24) is 5.32 Å². The molecule has 0 aliphatic carbocycles. The predicted octanol–water partition coefficient (Wildman–Crippen LogP) is 2.22. The lowest BCUT2D eigenvalue weighted by Gasteiger charge is -2.12. The summed E-state index contributed by atoms with van der Waals surface area (Å²) in [6.07, 6.45) is 0. The van der Waals surface area contributed by atoms with E-state index in [1.165, 1.54) is 19.2 Å². The maximum Gasteiger partial charge on any atom is 0.261 e. The van der Waals surface area contributed by atoms with Crippen molar-refractivity contribution in [3.63, 3.8) is 0 Å². The topological polar surface area (TPSA) is 67.4 Å². The lowest BCUT2D eigenvalue weighted by molar-refractivity contribution is 0.414. The van der Waals surface area contributed by atoms with Crippen molar-refractivity contribution in [2.45, 2.75) is 11.4 Å². The number of sulfonamides is 1. The fourth-order valence-corrected chi connectivity index (χ4v) is 3.02. The van der Waals surface area contributed by atoms with Gasteiger partial charge in [0.05, 0.1) is 17.7 Å². The molecule has 2 aromatic carbocycles. The third-order valence-electron chi connectivity index (χ3n) is 3.00. The van der Waals surface area contributed by atoms with E-state index in [0.717, 1.165) is 5.56 Å². The molecule has 0 bridgehead atoms. The highest BCUT2D eigenvalue weighted by atomic mass is 32.2. The first kappa shape index (κ1) is 15.3. The highest BCUT2D eigenvalue weighted by molar-refractivity contribution is 7.92. The Morgan fingerprint density at radius 1 is 1.05 bits per heavy atom. The van der Waals surface area contributed by atoms with Gasteiger partial charge in [-0.15, -0.1) is 0 Å². The maximum atomic E-state index is 12.4. The fourth-order valence-electron chi connectivity index (χ4n) is 1.92. The summed E-state index contributed by atoms with van der Waals surface area (Å²) >= 11 is 0. The van der Waals surface area contributed by atoms with E-state index >= 15 is 0 Å². The molecule has 21 heavy (non-hydrogen) atoms. The van der Waals surface area contributed by atoms with Gasteiger partial charge < -0.3 is 10.1 Å². The normalized spacial score (nSPS) is 11.1. The number of rotatable bonds is 6. The quantitative estimate of drug-likeness (QED) is 0.858. The van der Waals surface area contributed by atoms with Crippen molar-refractivity contribution in [3.8, 4) is 5.75 Å². The summed E-state index contributed by atoms with van der Waals surface area (Å²) < 4.78 is 32.4. The van der Waals surface area contributed by atoms with E-state index in [0.29, 0.717) is 18.0 Å². The number of ether oxygens (including phenoxy) is 1. The van der Waals surface area contributed by atoms with Gasteiger partial charge >= 0.3 is 0 Å². The second kappa shape index (κ2) is 6.60. The van der Waals surface area contributed by atoms with Crippen molar-refractivity contribution < 1.29 is 13.2 Å². The molecule has 2 rings (SSSR count). The van der Waals surface area contributed by atoms with Crippen molar-refractivity contribution in [1.29, 1.82) is 0 Å². The van der Waals surface area contributed by atoms with Crippen LogP contribution in [0, 0.1) is 0 Å². The molecular formula is C15H18N2O3S. The molecular weight excluding hydrogens is 288 g/mol. The Morgan fingerprint density at radius 2 is 1.71 bits per heavy atom. The molecule has 0 aromatic heterocycles. The molecule has 0 aliphatic heterocycles. The third-order valence-corrected chi connectivity index (χ3v) is 4.38. The van der Waals surface area contributed by atoms with Gasteiger partial charge in [-0.1, -0.05) is 18.2 Å². The number of methoxy groups -OCH3 is 1. The van der Waals surface area contributed by atoms with Crippen LogP contribution in [0.25, 0.3) is 0 Å². The van der Waals surface area contributed by atoms with Crippen LogP contribution in [0.5, 0.6) is 5.75 Å². The Bertz CT molecular complexity index is 697. The zero-order valence-corrected chi connectivity index (χ0v) is 12.8. The molecule has 5 nitrogen and oxygen atoms in total. The van der Waals surface area contributed by atoms with E-state index in [4.69, 9.17) is 4.74 Å². The maximum absolute atomic E-state index is 12.4. The lowest BCUT2D eigenvalue weighted by Crippen LogP contribution is -2.16. The number of anilines is 1. The summed E-state index contributed by atoms with van der Waals surface area (Å²) in [6.45, 7) is 0.585. The average Bonchev–Trinajstić information content (AvgIpc) is 2.49. The van der Waals surface area contributed by atoms with Crippen LogP contribution in [0.15, 0.2) is 53.4 Å². The Hall–Kier alpha value is -2.05. The van der Waals surface area contributed by atoms with Crippen molar-refractivity contribution in [2.75, 3.05) is 18.9 Å². The van der Waals surface area contributed by atoms with Crippen molar-refractivity contribution >= 4 is 15.7 Å². The first-order valence-electron chi connectivity index (χ1n) is 6.46. The first-order chi connectivity index (χ1) is 10.1. The Kier molecular flexibility index (Phi) is 4.82. The first-order valence-corrected chi connectivity index (χ1v) is 7.94. The van der Waals surface area contributed by atoms with Gasteiger partial charge in [-0.2, -0.15) is 0 Å². The minimum absolute atomic E-state index is 0.197. The summed E-state index contributed by atoms with van der Waals surface area (Å²) in [4.78, 5) is 0.197.